The topological polar surface area (TPSA) is 126 Å². The van der Waals surface area contributed by atoms with Crippen molar-refractivity contribution < 1.29 is 23.0 Å². The number of rotatable bonds is 8. The van der Waals surface area contributed by atoms with E-state index in [2.05, 4.69) is 30.0 Å². The maximum atomic E-state index is 12.5. The molecule has 4 heterocycles. The Hall–Kier alpha value is -2.86. The Balaban J connectivity index is 1.69. The quantitative estimate of drug-likeness (QED) is 0.550. The van der Waals surface area contributed by atoms with Crippen molar-refractivity contribution in [3.63, 3.8) is 0 Å². The number of ether oxygens (including phenoxy) is 3. The fourth-order valence-corrected chi connectivity index (χ4v) is 3.76. The molecule has 12 heteroatoms. The van der Waals surface area contributed by atoms with Crippen LogP contribution in [0.25, 0.3) is 22.6 Å². The van der Waals surface area contributed by atoms with Gasteiger partial charge in [-0.15, -0.1) is 5.10 Å². The zero-order chi connectivity index (χ0) is 22.0. The minimum absolute atomic E-state index is 0.183. The number of aromatic amines is 1. The van der Waals surface area contributed by atoms with Crippen molar-refractivity contribution in [3.05, 3.63) is 12.3 Å². The lowest BCUT2D eigenvalue weighted by Crippen LogP contribution is -2.32. The van der Waals surface area contributed by atoms with Crippen molar-refractivity contribution in [1.82, 2.24) is 29.9 Å². The van der Waals surface area contributed by atoms with Gasteiger partial charge >= 0.3 is 6.61 Å². The highest BCUT2D eigenvalue weighted by molar-refractivity contribution is 5.87. The summed E-state index contributed by atoms with van der Waals surface area (Å²) in [4.78, 5) is 8.78. The summed E-state index contributed by atoms with van der Waals surface area (Å²) in [7, 11) is 0. The first-order valence-electron chi connectivity index (χ1n) is 10.2. The number of alkyl halides is 2. The van der Waals surface area contributed by atoms with Crippen molar-refractivity contribution in [2.45, 2.75) is 64.6 Å². The Bertz CT molecular complexity index is 1020. The Morgan fingerprint density at radius 3 is 2.94 bits per heavy atom. The number of nitrogens with one attached hydrogen (secondary N) is 1. The molecule has 1 fully saturated rings. The number of nitrogens with zero attached hydrogens (tertiary/aromatic N) is 5. The number of nitrogen functional groups attached to an aromatic ring is 1. The van der Waals surface area contributed by atoms with Crippen LogP contribution in [-0.4, -0.2) is 55.6 Å². The SMILES string of the molecule is CCC([C@H](C)OC1CCCCO1)n1nc(-c2cc(OC(F)F)n[nH]2)c2ncc(N)nc21. The van der Waals surface area contributed by atoms with Gasteiger partial charge in [0.2, 0.25) is 5.88 Å². The van der Waals surface area contributed by atoms with Gasteiger partial charge in [-0.25, -0.2) is 14.6 Å². The van der Waals surface area contributed by atoms with E-state index >= 15 is 0 Å². The lowest BCUT2D eigenvalue weighted by Gasteiger charge is -2.30. The zero-order valence-electron chi connectivity index (χ0n) is 17.3. The molecule has 3 N–H and O–H groups in total. The number of aromatic nitrogens is 6. The maximum Gasteiger partial charge on any atom is 0.388 e. The second-order valence-electron chi connectivity index (χ2n) is 7.37. The fourth-order valence-electron chi connectivity index (χ4n) is 3.76. The predicted molar refractivity (Wildman–Crippen MR) is 107 cm³/mol. The molecule has 0 amide bonds. The molecule has 1 saturated heterocycles. The molecular formula is C19H25F2N7O3. The van der Waals surface area contributed by atoms with E-state index in [-0.39, 0.29) is 30.1 Å². The van der Waals surface area contributed by atoms with Crippen molar-refractivity contribution in [2.75, 3.05) is 12.3 Å². The van der Waals surface area contributed by atoms with Gasteiger partial charge in [-0.3, -0.25) is 5.10 Å². The molecule has 3 aromatic rings. The summed E-state index contributed by atoms with van der Waals surface area (Å²) < 4.78 is 42.9. The molecule has 1 aliphatic heterocycles. The number of anilines is 1. The number of H-pyrrole nitrogens is 1. The Morgan fingerprint density at radius 2 is 2.23 bits per heavy atom. The molecule has 0 saturated carbocycles. The summed E-state index contributed by atoms with van der Waals surface area (Å²) in [6.07, 6.45) is 4.58. The monoisotopic (exact) mass is 437 g/mol. The van der Waals surface area contributed by atoms with Crippen LogP contribution in [0.3, 0.4) is 0 Å². The average molecular weight is 437 g/mol. The minimum atomic E-state index is -2.98. The molecule has 4 rings (SSSR count). The summed E-state index contributed by atoms with van der Waals surface area (Å²) in [6, 6.07) is 1.16. The summed E-state index contributed by atoms with van der Waals surface area (Å²) in [5.41, 5.74) is 7.58. The third-order valence-corrected chi connectivity index (χ3v) is 5.22. The van der Waals surface area contributed by atoms with Gasteiger partial charge in [0.25, 0.3) is 0 Å². The van der Waals surface area contributed by atoms with Crippen LogP contribution in [-0.2, 0) is 9.47 Å². The molecule has 0 aliphatic carbocycles. The van der Waals surface area contributed by atoms with Gasteiger partial charge in [0.05, 0.1) is 24.0 Å². The van der Waals surface area contributed by atoms with Crippen LogP contribution < -0.4 is 10.5 Å². The largest absolute Gasteiger partial charge is 0.415 e. The highest BCUT2D eigenvalue weighted by atomic mass is 19.3. The summed E-state index contributed by atoms with van der Waals surface area (Å²) in [6.45, 7) is 1.69. The van der Waals surface area contributed by atoms with Crippen LogP contribution in [0.1, 0.15) is 45.6 Å². The molecule has 3 aromatic heterocycles. The van der Waals surface area contributed by atoms with E-state index in [4.69, 9.17) is 15.2 Å². The molecule has 2 unspecified atom stereocenters. The standard InChI is InChI=1S/C19H25F2N7O3/c1-3-12(10(2)30-15-6-4-5-7-29-15)28-18-17(23-9-13(22)24-18)16(27-28)11-8-14(26-25-11)31-19(20)21/h8-10,12,15,19H,3-7H2,1-2H3,(H2,22,24)(H,25,26)/t10-,12?,15?/m0/s1. The first-order valence-corrected chi connectivity index (χ1v) is 10.2. The minimum Gasteiger partial charge on any atom is -0.415 e. The smallest absolute Gasteiger partial charge is 0.388 e. The number of halogens is 2. The van der Waals surface area contributed by atoms with Crippen LogP contribution in [0.4, 0.5) is 14.6 Å². The molecule has 0 bridgehead atoms. The highest BCUT2D eigenvalue weighted by Gasteiger charge is 2.28. The molecule has 31 heavy (non-hydrogen) atoms. The Kier molecular flexibility index (Phi) is 6.28. The molecule has 0 spiro atoms. The number of hydrogen-bond donors (Lipinski definition) is 2. The Labute approximate surface area is 177 Å². The molecule has 0 radical (unpaired) electrons. The molecule has 3 atom stereocenters. The van der Waals surface area contributed by atoms with Crippen LogP contribution >= 0.6 is 0 Å². The summed E-state index contributed by atoms with van der Waals surface area (Å²) in [5, 5.41) is 11.1. The van der Waals surface area contributed by atoms with Crippen molar-refractivity contribution >= 4 is 17.0 Å². The lowest BCUT2D eigenvalue weighted by molar-refractivity contribution is -0.193. The fraction of sp³-hybridized carbons (Fsp3) is 0.579. The van der Waals surface area contributed by atoms with Crippen molar-refractivity contribution in [1.29, 1.82) is 0 Å². The normalized spacial score (nSPS) is 19.1. The van der Waals surface area contributed by atoms with Gasteiger partial charge < -0.3 is 19.9 Å². The van der Waals surface area contributed by atoms with Crippen LogP contribution in [0, 0.1) is 0 Å². The highest BCUT2D eigenvalue weighted by Crippen LogP contribution is 2.31. The Morgan fingerprint density at radius 1 is 1.39 bits per heavy atom. The maximum absolute atomic E-state index is 12.5. The molecular weight excluding hydrogens is 412 g/mol. The first-order chi connectivity index (χ1) is 15.0. The van der Waals surface area contributed by atoms with E-state index < -0.39 is 6.61 Å². The number of nitrogens with two attached hydrogens (primary N) is 1. The second-order valence-corrected chi connectivity index (χ2v) is 7.37. The van der Waals surface area contributed by atoms with Gasteiger partial charge in [-0.1, -0.05) is 6.92 Å². The predicted octanol–water partition coefficient (Wildman–Crippen LogP) is 3.28. The van der Waals surface area contributed by atoms with Crippen molar-refractivity contribution in [2.24, 2.45) is 0 Å². The van der Waals surface area contributed by atoms with Crippen molar-refractivity contribution in [3.8, 4) is 17.3 Å². The van der Waals surface area contributed by atoms with Gasteiger partial charge in [0, 0.05) is 12.7 Å². The molecule has 0 aromatic carbocycles. The summed E-state index contributed by atoms with van der Waals surface area (Å²) in [5.74, 6) is -0.000124. The van der Waals surface area contributed by atoms with Gasteiger partial charge in [0.15, 0.2) is 11.9 Å². The van der Waals surface area contributed by atoms with E-state index in [1.54, 1.807) is 4.68 Å². The van der Waals surface area contributed by atoms with Crippen LogP contribution in [0.15, 0.2) is 12.3 Å². The van der Waals surface area contributed by atoms with E-state index in [9.17, 15) is 8.78 Å². The van der Waals surface area contributed by atoms with E-state index in [1.165, 1.54) is 12.3 Å². The second kappa shape index (κ2) is 9.10. The van der Waals surface area contributed by atoms with E-state index in [0.717, 1.165) is 19.3 Å². The average Bonchev–Trinajstić information content (AvgIpc) is 3.33. The third kappa shape index (κ3) is 4.59. The first kappa shape index (κ1) is 21.4. The lowest BCUT2D eigenvalue weighted by atomic mass is 10.1. The zero-order valence-corrected chi connectivity index (χ0v) is 17.3. The molecule has 168 valence electrons. The van der Waals surface area contributed by atoms with Crippen LogP contribution in [0.2, 0.25) is 0 Å². The van der Waals surface area contributed by atoms with Gasteiger partial charge in [0.1, 0.15) is 17.0 Å². The molecule has 1 aliphatic rings. The van der Waals surface area contributed by atoms with Gasteiger partial charge in [-0.05, 0) is 32.6 Å². The molecule has 10 nitrogen and oxygen atoms in total. The third-order valence-electron chi connectivity index (χ3n) is 5.22. The number of fused-ring (bicyclic) bond motifs is 1. The van der Waals surface area contributed by atoms with E-state index in [0.29, 0.717) is 35.6 Å². The van der Waals surface area contributed by atoms with Crippen LogP contribution in [0.5, 0.6) is 5.88 Å². The number of hydrogen-bond acceptors (Lipinski definition) is 8. The van der Waals surface area contributed by atoms with E-state index in [1.807, 2.05) is 13.8 Å². The van der Waals surface area contributed by atoms with Gasteiger partial charge in [-0.2, -0.15) is 13.9 Å². The summed E-state index contributed by atoms with van der Waals surface area (Å²) >= 11 is 0.